The van der Waals surface area contributed by atoms with E-state index in [1.165, 1.54) is 77.0 Å². The summed E-state index contributed by atoms with van der Waals surface area (Å²) in [6, 6.07) is 10.7. The van der Waals surface area contributed by atoms with Crippen LogP contribution in [0.2, 0.25) is 5.02 Å². The molecule has 4 rings (SSSR count). The molecule has 0 amide bonds. The van der Waals surface area contributed by atoms with Gasteiger partial charge in [-0.05, 0) is 97.6 Å². The molecule has 0 radical (unpaired) electrons. The monoisotopic (exact) mass is 514 g/mol. The van der Waals surface area contributed by atoms with Crippen molar-refractivity contribution in [1.82, 2.24) is 0 Å². The molecule has 0 spiro atoms. The molecule has 0 bridgehead atoms. The Labute approximate surface area is 223 Å². The third-order valence-corrected chi connectivity index (χ3v) is 9.48. The van der Waals surface area contributed by atoms with Crippen molar-refractivity contribution in [2.75, 3.05) is 0 Å². The van der Waals surface area contributed by atoms with Crippen molar-refractivity contribution in [1.29, 1.82) is 0 Å². The van der Waals surface area contributed by atoms with Crippen LogP contribution in [0.15, 0.2) is 36.4 Å². The number of aryl methyl sites for hydroxylation is 1. The number of unbranched alkanes of at least 4 members (excludes halogenated alkanes) is 2. The normalized spacial score (nSPS) is 24.7. The summed E-state index contributed by atoms with van der Waals surface area (Å²) < 4.78 is 29.8. The van der Waals surface area contributed by atoms with Crippen molar-refractivity contribution in [2.45, 2.75) is 116 Å². The van der Waals surface area contributed by atoms with Gasteiger partial charge < -0.3 is 0 Å². The smallest absolute Gasteiger partial charge is 0.129 e. The van der Waals surface area contributed by atoms with Gasteiger partial charge in [0.1, 0.15) is 11.6 Å². The first-order valence-corrected chi connectivity index (χ1v) is 15.1. The molecule has 2 aromatic rings. The first kappa shape index (κ1) is 27.6. The molecule has 0 unspecified atom stereocenters. The maximum Gasteiger partial charge on any atom is 0.129 e. The predicted octanol–water partition coefficient (Wildman–Crippen LogP) is 10.8. The van der Waals surface area contributed by atoms with E-state index in [1.54, 1.807) is 12.1 Å². The largest absolute Gasteiger partial charge is 0.207 e. The summed E-state index contributed by atoms with van der Waals surface area (Å²) in [5, 5.41) is 0.676. The second kappa shape index (κ2) is 13.9. The first-order valence-electron chi connectivity index (χ1n) is 14.7. The van der Waals surface area contributed by atoms with Crippen LogP contribution < -0.4 is 0 Å². The van der Waals surface area contributed by atoms with Crippen LogP contribution >= 0.6 is 11.6 Å². The highest BCUT2D eigenvalue weighted by Crippen LogP contribution is 2.41. The highest BCUT2D eigenvalue weighted by molar-refractivity contribution is 6.30. The Balaban J connectivity index is 1.19. The molecule has 3 heteroatoms. The van der Waals surface area contributed by atoms with Gasteiger partial charge in [0.05, 0.1) is 0 Å². The maximum absolute atomic E-state index is 14.9. The van der Waals surface area contributed by atoms with Gasteiger partial charge in [-0.2, -0.15) is 0 Å². The number of hydrogen-bond donors (Lipinski definition) is 0. The van der Waals surface area contributed by atoms with Gasteiger partial charge in [0, 0.05) is 10.6 Å². The predicted molar refractivity (Wildman–Crippen MR) is 149 cm³/mol. The van der Waals surface area contributed by atoms with Crippen LogP contribution in [0.5, 0.6) is 0 Å². The van der Waals surface area contributed by atoms with Gasteiger partial charge >= 0.3 is 0 Å². The molecular weight excluding hydrogens is 470 g/mol. The summed E-state index contributed by atoms with van der Waals surface area (Å²) in [7, 11) is 0. The minimum atomic E-state index is -0.383. The summed E-state index contributed by atoms with van der Waals surface area (Å²) >= 11 is 5.94. The highest BCUT2D eigenvalue weighted by atomic mass is 35.5. The summed E-state index contributed by atoms with van der Waals surface area (Å²) in [5.41, 5.74) is 2.11. The fourth-order valence-electron chi connectivity index (χ4n) is 6.77. The first-order chi connectivity index (χ1) is 17.5. The molecular formula is C33H45ClF2. The van der Waals surface area contributed by atoms with E-state index in [0.717, 1.165) is 41.7 Å². The Bertz CT molecular complexity index is 898. The Morgan fingerprint density at radius 1 is 0.694 bits per heavy atom. The van der Waals surface area contributed by atoms with Crippen LogP contribution in [0.1, 0.15) is 119 Å². The molecule has 2 aliphatic rings. The van der Waals surface area contributed by atoms with Gasteiger partial charge in [0.2, 0.25) is 0 Å². The molecule has 0 saturated heterocycles. The van der Waals surface area contributed by atoms with E-state index < -0.39 is 0 Å². The molecule has 36 heavy (non-hydrogen) atoms. The quantitative estimate of drug-likeness (QED) is 0.261. The molecule has 0 atom stereocenters. The summed E-state index contributed by atoms with van der Waals surface area (Å²) in [4.78, 5) is 0. The second-order valence-electron chi connectivity index (χ2n) is 11.8. The summed E-state index contributed by atoms with van der Waals surface area (Å²) in [6.07, 6.45) is 19.7. The van der Waals surface area contributed by atoms with E-state index in [-0.39, 0.29) is 17.2 Å². The Morgan fingerprint density at radius 2 is 1.22 bits per heavy atom. The van der Waals surface area contributed by atoms with Gasteiger partial charge in [0.15, 0.2) is 0 Å². The lowest BCUT2D eigenvalue weighted by Gasteiger charge is -2.32. The van der Waals surface area contributed by atoms with Crippen molar-refractivity contribution < 1.29 is 8.78 Å². The minimum Gasteiger partial charge on any atom is -0.207 e. The van der Waals surface area contributed by atoms with Crippen molar-refractivity contribution in [2.24, 2.45) is 17.8 Å². The SMILES string of the molecule is CCCCCC1CCC(CCC2CCC(c3cc(F)c(CCc4ccc(Cl)cc4)c(F)c3)CC2)CC1. The van der Waals surface area contributed by atoms with E-state index in [9.17, 15) is 8.78 Å². The van der Waals surface area contributed by atoms with Gasteiger partial charge in [0.25, 0.3) is 0 Å². The zero-order valence-corrected chi connectivity index (χ0v) is 23.0. The summed E-state index contributed by atoms with van der Waals surface area (Å²) in [5.74, 6) is 2.27. The molecule has 0 N–H and O–H groups in total. The van der Waals surface area contributed by atoms with Crippen LogP contribution in [0, 0.1) is 29.4 Å². The molecule has 2 saturated carbocycles. The van der Waals surface area contributed by atoms with Gasteiger partial charge in [-0.15, -0.1) is 0 Å². The molecule has 0 aliphatic heterocycles. The molecule has 2 aliphatic carbocycles. The van der Waals surface area contributed by atoms with Gasteiger partial charge in [-0.3, -0.25) is 0 Å². The standard InChI is InChI=1S/C33H45ClF2/c1-2-3-4-5-24-6-8-25(9-7-24)10-11-26-12-17-28(18-13-26)29-22-32(35)31(33(36)23-29)21-16-27-14-19-30(34)20-15-27/h14-15,19-20,22-26,28H,2-13,16-18,21H2,1H3. The molecule has 0 nitrogen and oxygen atoms in total. The van der Waals surface area contributed by atoms with Crippen LogP contribution in [-0.2, 0) is 12.8 Å². The fraction of sp³-hybridized carbons (Fsp3) is 0.636. The van der Waals surface area contributed by atoms with E-state index in [0.29, 0.717) is 23.8 Å². The van der Waals surface area contributed by atoms with Crippen LogP contribution in [0.4, 0.5) is 8.78 Å². The third kappa shape index (κ3) is 8.04. The molecule has 2 fully saturated rings. The number of rotatable bonds is 11. The van der Waals surface area contributed by atoms with Gasteiger partial charge in [-0.25, -0.2) is 8.78 Å². The highest BCUT2D eigenvalue weighted by Gasteiger charge is 2.26. The number of benzene rings is 2. The van der Waals surface area contributed by atoms with E-state index >= 15 is 0 Å². The number of halogens is 3. The van der Waals surface area contributed by atoms with Crippen molar-refractivity contribution in [3.8, 4) is 0 Å². The second-order valence-corrected chi connectivity index (χ2v) is 12.2. The van der Waals surface area contributed by atoms with Crippen molar-refractivity contribution in [3.05, 3.63) is 69.7 Å². The molecule has 2 aromatic carbocycles. The van der Waals surface area contributed by atoms with E-state index in [1.807, 2.05) is 24.3 Å². The zero-order chi connectivity index (χ0) is 25.3. The zero-order valence-electron chi connectivity index (χ0n) is 22.2. The van der Waals surface area contributed by atoms with Crippen LogP contribution in [-0.4, -0.2) is 0 Å². The average Bonchev–Trinajstić information content (AvgIpc) is 2.89. The molecule has 0 heterocycles. The number of hydrogen-bond acceptors (Lipinski definition) is 0. The Morgan fingerprint density at radius 3 is 1.78 bits per heavy atom. The minimum absolute atomic E-state index is 0.211. The molecule has 0 aromatic heterocycles. The van der Waals surface area contributed by atoms with Crippen molar-refractivity contribution in [3.63, 3.8) is 0 Å². The fourth-order valence-corrected chi connectivity index (χ4v) is 6.89. The topological polar surface area (TPSA) is 0 Å². The maximum atomic E-state index is 14.9. The lowest BCUT2D eigenvalue weighted by atomic mass is 9.74. The van der Waals surface area contributed by atoms with E-state index in [2.05, 4.69) is 6.92 Å². The van der Waals surface area contributed by atoms with Crippen molar-refractivity contribution >= 4 is 11.6 Å². The third-order valence-electron chi connectivity index (χ3n) is 9.22. The van der Waals surface area contributed by atoms with Gasteiger partial charge in [-0.1, -0.05) is 94.9 Å². The Kier molecular flexibility index (Phi) is 10.7. The summed E-state index contributed by atoms with van der Waals surface area (Å²) in [6.45, 7) is 2.29. The van der Waals surface area contributed by atoms with E-state index in [4.69, 9.17) is 11.6 Å². The Hall–Kier alpha value is -1.41. The van der Waals surface area contributed by atoms with Crippen LogP contribution in [0.25, 0.3) is 0 Å². The van der Waals surface area contributed by atoms with Crippen LogP contribution in [0.3, 0.4) is 0 Å². The lowest BCUT2D eigenvalue weighted by molar-refractivity contribution is 0.222. The lowest BCUT2D eigenvalue weighted by Crippen LogP contribution is -2.18. The average molecular weight is 515 g/mol. The molecule has 198 valence electrons.